The van der Waals surface area contributed by atoms with Gasteiger partial charge in [0.1, 0.15) is 0 Å². The standard InChI is InChI=1S/C8H14N4O2/c9-7(13)11-3-4-12-6(5-11)1-2-10-8(12)14/h6H,1-5H2,(H2,9,13)(H,10,14). The van der Waals surface area contributed by atoms with Crippen LogP contribution in [-0.2, 0) is 0 Å². The monoisotopic (exact) mass is 198 g/mol. The third-order valence-corrected chi connectivity index (χ3v) is 2.81. The van der Waals surface area contributed by atoms with Crippen molar-refractivity contribution in [3.8, 4) is 0 Å². The molecule has 1 unspecified atom stereocenters. The van der Waals surface area contributed by atoms with Crippen LogP contribution in [0.3, 0.4) is 0 Å². The Morgan fingerprint density at radius 1 is 1.50 bits per heavy atom. The van der Waals surface area contributed by atoms with Gasteiger partial charge in [-0.15, -0.1) is 0 Å². The second kappa shape index (κ2) is 3.36. The number of nitrogens with two attached hydrogens (primary N) is 1. The quantitative estimate of drug-likeness (QED) is 0.532. The van der Waals surface area contributed by atoms with Crippen molar-refractivity contribution in [2.45, 2.75) is 12.5 Å². The molecule has 2 saturated heterocycles. The summed E-state index contributed by atoms with van der Waals surface area (Å²) in [6, 6.07) is -0.272. The minimum Gasteiger partial charge on any atom is -0.351 e. The van der Waals surface area contributed by atoms with E-state index in [9.17, 15) is 9.59 Å². The number of primary amides is 1. The first-order chi connectivity index (χ1) is 6.68. The predicted octanol–water partition coefficient (Wildman–Crippen LogP) is -0.835. The van der Waals surface area contributed by atoms with Gasteiger partial charge in [0.05, 0.1) is 6.04 Å². The molecular formula is C8H14N4O2. The average molecular weight is 198 g/mol. The third kappa shape index (κ3) is 1.47. The first-order valence-electron chi connectivity index (χ1n) is 4.77. The van der Waals surface area contributed by atoms with Crippen molar-refractivity contribution in [3.05, 3.63) is 0 Å². The van der Waals surface area contributed by atoms with E-state index in [1.54, 1.807) is 9.80 Å². The van der Waals surface area contributed by atoms with Crippen molar-refractivity contribution in [2.24, 2.45) is 5.73 Å². The molecule has 0 aromatic heterocycles. The molecule has 0 spiro atoms. The Morgan fingerprint density at radius 3 is 3.00 bits per heavy atom. The molecule has 78 valence electrons. The van der Waals surface area contributed by atoms with Gasteiger partial charge in [0.2, 0.25) is 0 Å². The summed E-state index contributed by atoms with van der Waals surface area (Å²) in [6.45, 7) is 2.38. The maximum atomic E-state index is 11.4. The van der Waals surface area contributed by atoms with E-state index in [-0.39, 0.29) is 12.1 Å². The van der Waals surface area contributed by atoms with E-state index in [2.05, 4.69) is 5.32 Å². The molecule has 1 atom stereocenters. The minimum atomic E-state index is -0.393. The number of nitrogens with zero attached hydrogens (tertiary/aromatic N) is 2. The summed E-state index contributed by atoms with van der Waals surface area (Å²) >= 11 is 0. The van der Waals surface area contributed by atoms with E-state index in [0.29, 0.717) is 26.2 Å². The molecule has 0 aromatic carbocycles. The molecule has 14 heavy (non-hydrogen) atoms. The van der Waals surface area contributed by atoms with Crippen LogP contribution < -0.4 is 11.1 Å². The van der Waals surface area contributed by atoms with Crippen LogP contribution in [0.5, 0.6) is 0 Å². The predicted molar refractivity (Wildman–Crippen MR) is 49.7 cm³/mol. The Labute approximate surface area is 82.0 Å². The highest BCUT2D eigenvalue weighted by Crippen LogP contribution is 2.15. The van der Waals surface area contributed by atoms with Crippen LogP contribution in [0.15, 0.2) is 0 Å². The van der Waals surface area contributed by atoms with Crippen molar-refractivity contribution in [3.63, 3.8) is 0 Å². The van der Waals surface area contributed by atoms with Crippen LogP contribution in [0, 0.1) is 0 Å². The van der Waals surface area contributed by atoms with Gasteiger partial charge in [-0.2, -0.15) is 0 Å². The van der Waals surface area contributed by atoms with E-state index < -0.39 is 6.03 Å². The first kappa shape index (κ1) is 9.11. The molecule has 2 aliphatic heterocycles. The molecule has 4 amide bonds. The summed E-state index contributed by atoms with van der Waals surface area (Å²) in [7, 11) is 0. The fourth-order valence-electron chi connectivity index (χ4n) is 2.02. The fraction of sp³-hybridized carbons (Fsp3) is 0.750. The van der Waals surface area contributed by atoms with Gasteiger partial charge in [-0.05, 0) is 6.42 Å². The molecule has 0 saturated carbocycles. The Kier molecular flexibility index (Phi) is 2.18. The van der Waals surface area contributed by atoms with Gasteiger partial charge in [0.15, 0.2) is 0 Å². The van der Waals surface area contributed by atoms with Gasteiger partial charge in [-0.1, -0.05) is 0 Å². The van der Waals surface area contributed by atoms with E-state index in [4.69, 9.17) is 5.73 Å². The molecule has 6 nitrogen and oxygen atoms in total. The van der Waals surface area contributed by atoms with Crippen LogP contribution in [0.2, 0.25) is 0 Å². The number of nitrogens with one attached hydrogen (secondary N) is 1. The first-order valence-corrected chi connectivity index (χ1v) is 4.77. The van der Waals surface area contributed by atoms with E-state index >= 15 is 0 Å². The van der Waals surface area contributed by atoms with Crippen molar-refractivity contribution >= 4 is 12.1 Å². The molecule has 2 fully saturated rings. The third-order valence-electron chi connectivity index (χ3n) is 2.81. The zero-order valence-electron chi connectivity index (χ0n) is 7.90. The molecule has 3 N–H and O–H groups in total. The molecule has 0 bridgehead atoms. The maximum Gasteiger partial charge on any atom is 0.317 e. The van der Waals surface area contributed by atoms with E-state index in [1.807, 2.05) is 0 Å². The zero-order valence-corrected chi connectivity index (χ0v) is 7.90. The van der Waals surface area contributed by atoms with Crippen LogP contribution >= 0.6 is 0 Å². The van der Waals surface area contributed by atoms with E-state index in [0.717, 1.165) is 6.42 Å². The lowest BCUT2D eigenvalue weighted by molar-refractivity contribution is 0.0924. The molecule has 2 rings (SSSR count). The normalized spacial score (nSPS) is 26.9. The SMILES string of the molecule is NC(=O)N1CCN2C(=O)NCCC2C1. The molecule has 0 aliphatic carbocycles. The molecule has 0 aromatic rings. The summed E-state index contributed by atoms with van der Waals surface area (Å²) in [5.41, 5.74) is 5.19. The fourth-order valence-corrected chi connectivity index (χ4v) is 2.02. The average Bonchev–Trinajstić information content (AvgIpc) is 2.17. The number of amides is 4. The summed E-state index contributed by atoms with van der Waals surface area (Å²) < 4.78 is 0. The van der Waals surface area contributed by atoms with Crippen LogP contribution in [0.4, 0.5) is 9.59 Å². The lowest BCUT2D eigenvalue weighted by Gasteiger charge is -2.43. The van der Waals surface area contributed by atoms with Crippen molar-refractivity contribution < 1.29 is 9.59 Å². The van der Waals surface area contributed by atoms with Gasteiger partial charge in [0, 0.05) is 26.2 Å². The highest BCUT2D eigenvalue weighted by atomic mass is 16.2. The van der Waals surface area contributed by atoms with Gasteiger partial charge < -0.3 is 20.9 Å². The molecular weight excluding hydrogens is 184 g/mol. The summed E-state index contributed by atoms with van der Waals surface area (Å²) in [5, 5.41) is 2.78. The number of hydrogen-bond acceptors (Lipinski definition) is 2. The molecule has 6 heteroatoms. The number of fused-ring (bicyclic) bond motifs is 1. The Bertz CT molecular complexity index is 268. The van der Waals surface area contributed by atoms with Crippen LogP contribution in [-0.4, -0.2) is 54.1 Å². The van der Waals surface area contributed by atoms with Crippen LogP contribution in [0.25, 0.3) is 0 Å². The number of carbonyl (C=O) groups is 2. The zero-order chi connectivity index (χ0) is 10.1. The van der Waals surface area contributed by atoms with Crippen molar-refractivity contribution in [1.29, 1.82) is 0 Å². The minimum absolute atomic E-state index is 0.0228. The number of carbonyl (C=O) groups excluding carboxylic acids is 2. The summed E-state index contributed by atoms with van der Waals surface area (Å²) in [6.07, 6.45) is 0.884. The summed E-state index contributed by atoms with van der Waals surface area (Å²) in [5.74, 6) is 0. The highest BCUT2D eigenvalue weighted by molar-refractivity contribution is 5.76. The second-order valence-electron chi connectivity index (χ2n) is 3.65. The Balaban J connectivity index is 2.03. The lowest BCUT2D eigenvalue weighted by Crippen LogP contribution is -2.62. The second-order valence-corrected chi connectivity index (χ2v) is 3.65. The van der Waals surface area contributed by atoms with Crippen LogP contribution in [0.1, 0.15) is 6.42 Å². The molecule has 2 aliphatic rings. The number of urea groups is 2. The van der Waals surface area contributed by atoms with Crippen molar-refractivity contribution in [2.75, 3.05) is 26.2 Å². The smallest absolute Gasteiger partial charge is 0.317 e. The number of piperazine rings is 1. The Hall–Kier alpha value is -1.46. The Morgan fingerprint density at radius 2 is 2.29 bits per heavy atom. The number of rotatable bonds is 0. The van der Waals surface area contributed by atoms with Gasteiger partial charge in [-0.25, -0.2) is 9.59 Å². The molecule has 2 heterocycles. The van der Waals surface area contributed by atoms with E-state index in [1.165, 1.54) is 0 Å². The largest absolute Gasteiger partial charge is 0.351 e. The lowest BCUT2D eigenvalue weighted by atomic mass is 10.1. The van der Waals surface area contributed by atoms with Gasteiger partial charge >= 0.3 is 12.1 Å². The summed E-state index contributed by atoms with van der Waals surface area (Å²) in [4.78, 5) is 25.7. The molecule has 0 radical (unpaired) electrons. The van der Waals surface area contributed by atoms with Crippen molar-refractivity contribution in [1.82, 2.24) is 15.1 Å². The highest BCUT2D eigenvalue weighted by Gasteiger charge is 2.33. The topological polar surface area (TPSA) is 78.7 Å². The maximum absolute atomic E-state index is 11.4. The number of hydrogen-bond donors (Lipinski definition) is 2. The van der Waals surface area contributed by atoms with Gasteiger partial charge in [0.25, 0.3) is 0 Å². The van der Waals surface area contributed by atoms with Gasteiger partial charge in [-0.3, -0.25) is 0 Å².